The molecule has 0 unspecified atom stereocenters. The number of hydrogen-bond acceptors (Lipinski definition) is 3. The van der Waals surface area contributed by atoms with Crippen molar-refractivity contribution in [1.29, 1.82) is 0 Å². The number of nitrogens with zero attached hydrogens (tertiary/aromatic N) is 2. The van der Waals surface area contributed by atoms with E-state index in [0.29, 0.717) is 13.1 Å². The maximum absolute atomic E-state index is 12.8. The van der Waals surface area contributed by atoms with Crippen LogP contribution in [0.4, 0.5) is 5.69 Å². The zero-order valence-corrected chi connectivity index (χ0v) is 14.1. The van der Waals surface area contributed by atoms with E-state index in [2.05, 4.69) is 0 Å². The Morgan fingerprint density at radius 2 is 1.76 bits per heavy atom. The second-order valence-electron chi connectivity index (χ2n) is 6.12. The van der Waals surface area contributed by atoms with Gasteiger partial charge < -0.3 is 14.9 Å². The number of aliphatic hydroxyl groups excluding tert-OH is 1. The summed E-state index contributed by atoms with van der Waals surface area (Å²) in [5.41, 5.74) is 2.83. The maximum Gasteiger partial charge on any atom is 0.316 e. The van der Waals surface area contributed by atoms with Crippen molar-refractivity contribution in [3.05, 3.63) is 65.7 Å². The van der Waals surface area contributed by atoms with Crippen LogP contribution in [0.3, 0.4) is 0 Å². The fourth-order valence-electron chi connectivity index (χ4n) is 3.17. The van der Waals surface area contributed by atoms with Crippen molar-refractivity contribution in [1.82, 2.24) is 4.90 Å². The van der Waals surface area contributed by atoms with Crippen LogP contribution in [0.15, 0.2) is 54.6 Å². The minimum atomic E-state index is -0.574. The molecule has 0 saturated heterocycles. The molecular formula is C20H22N2O3. The van der Waals surface area contributed by atoms with Gasteiger partial charge in [-0.25, -0.2) is 0 Å². The van der Waals surface area contributed by atoms with Crippen molar-refractivity contribution in [2.75, 3.05) is 24.6 Å². The minimum Gasteiger partial charge on any atom is -0.395 e. The molecule has 2 amide bonds. The van der Waals surface area contributed by atoms with Gasteiger partial charge in [0.25, 0.3) is 0 Å². The van der Waals surface area contributed by atoms with Crippen molar-refractivity contribution in [3.63, 3.8) is 0 Å². The summed E-state index contributed by atoms with van der Waals surface area (Å²) in [6.07, 6.45) is 1.76. The molecule has 2 aromatic carbocycles. The Morgan fingerprint density at radius 1 is 1.04 bits per heavy atom. The number of para-hydroxylation sites is 1. The molecule has 0 bridgehead atoms. The molecule has 0 saturated carbocycles. The molecule has 25 heavy (non-hydrogen) atoms. The lowest BCUT2D eigenvalue weighted by Crippen LogP contribution is -2.47. The van der Waals surface area contributed by atoms with E-state index >= 15 is 0 Å². The molecule has 130 valence electrons. The predicted molar refractivity (Wildman–Crippen MR) is 96.1 cm³/mol. The highest BCUT2D eigenvalue weighted by Gasteiger charge is 2.30. The van der Waals surface area contributed by atoms with E-state index in [9.17, 15) is 14.7 Å². The molecule has 0 aliphatic carbocycles. The fourth-order valence-corrected chi connectivity index (χ4v) is 3.17. The van der Waals surface area contributed by atoms with Gasteiger partial charge in [0.15, 0.2) is 0 Å². The molecule has 1 heterocycles. The molecule has 1 aliphatic rings. The van der Waals surface area contributed by atoms with Crippen molar-refractivity contribution >= 4 is 17.5 Å². The number of amides is 2. The summed E-state index contributed by atoms with van der Waals surface area (Å²) in [6.45, 7) is 0.804. The van der Waals surface area contributed by atoms with E-state index in [1.807, 2.05) is 54.6 Å². The first-order valence-electron chi connectivity index (χ1n) is 8.54. The average molecular weight is 338 g/mol. The van der Waals surface area contributed by atoms with Crippen LogP contribution in [0.5, 0.6) is 0 Å². The van der Waals surface area contributed by atoms with Gasteiger partial charge in [0.1, 0.15) is 0 Å². The number of aryl methyl sites for hydroxylation is 1. The van der Waals surface area contributed by atoms with Crippen LogP contribution in [0.1, 0.15) is 17.5 Å². The van der Waals surface area contributed by atoms with E-state index in [1.54, 1.807) is 4.90 Å². The van der Waals surface area contributed by atoms with E-state index in [0.717, 1.165) is 29.7 Å². The first kappa shape index (κ1) is 17.2. The van der Waals surface area contributed by atoms with Gasteiger partial charge in [0.05, 0.1) is 6.61 Å². The third-order valence-electron chi connectivity index (χ3n) is 4.41. The van der Waals surface area contributed by atoms with Crippen LogP contribution in [0, 0.1) is 0 Å². The average Bonchev–Trinajstić information content (AvgIpc) is 2.67. The highest BCUT2D eigenvalue weighted by molar-refractivity contribution is 6.40. The molecule has 2 aromatic rings. The fraction of sp³-hybridized carbons (Fsp3) is 0.300. The van der Waals surface area contributed by atoms with Crippen LogP contribution < -0.4 is 4.90 Å². The zero-order valence-electron chi connectivity index (χ0n) is 14.1. The van der Waals surface area contributed by atoms with Gasteiger partial charge in [-0.05, 0) is 30.0 Å². The summed E-state index contributed by atoms with van der Waals surface area (Å²) in [7, 11) is 0. The third kappa shape index (κ3) is 3.88. The summed E-state index contributed by atoms with van der Waals surface area (Å²) in [6, 6.07) is 17.2. The molecule has 0 fully saturated rings. The van der Waals surface area contributed by atoms with E-state index in [-0.39, 0.29) is 13.2 Å². The predicted octanol–water partition coefficient (Wildman–Crippen LogP) is 1.99. The molecule has 1 N–H and O–H groups in total. The number of carbonyl (C=O) groups is 2. The first-order valence-corrected chi connectivity index (χ1v) is 8.54. The Balaban J connectivity index is 1.79. The summed E-state index contributed by atoms with van der Waals surface area (Å²) in [4.78, 5) is 28.6. The second kappa shape index (κ2) is 7.94. The summed E-state index contributed by atoms with van der Waals surface area (Å²) >= 11 is 0. The molecule has 0 aromatic heterocycles. The normalized spacial score (nSPS) is 13.2. The van der Waals surface area contributed by atoms with Crippen molar-refractivity contribution in [2.24, 2.45) is 0 Å². The summed E-state index contributed by atoms with van der Waals surface area (Å²) in [5.74, 6) is -1.11. The third-order valence-corrected chi connectivity index (χ3v) is 4.41. The Bertz CT molecular complexity index is 746. The van der Waals surface area contributed by atoms with Crippen LogP contribution in [-0.2, 0) is 22.6 Å². The number of rotatable bonds is 4. The van der Waals surface area contributed by atoms with Crippen molar-refractivity contribution in [3.8, 4) is 0 Å². The van der Waals surface area contributed by atoms with Crippen LogP contribution in [0.2, 0.25) is 0 Å². The number of fused-ring (bicyclic) bond motifs is 1. The van der Waals surface area contributed by atoms with Crippen LogP contribution in [-0.4, -0.2) is 41.5 Å². The van der Waals surface area contributed by atoms with Gasteiger partial charge in [0.2, 0.25) is 0 Å². The summed E-state index contributed by atoms with van der Waals surface area (Å²) in [5, 5.41) is 9.29. The molecule has 5 heteroatoms. The SMILES string of the molecule is O=C(C(=O)N1CCCc2ccccc21)N(CCO)Cc1ccccc1. The molecule has 0 atom stereocenters. The quantitative estimate of drug-likeness (QED) is 0.867. The smallest absolute Gasteiger partial charge is 0.316 e. The van der Waals surface area contributed by atoms with Crippen LogP contribution in [0.25, 0.3) is 0 Å². The standard InChI is InChI=1S/C20H22N2O3/c23-14-13-21(15-16-7-2-1-3-8-16)19(24)20(25)22-12-6-10-17-9-4-5-11-18(17)22/h1-5,7-9,11,23H,6,10,12-15H2. The lowest BCUT2D eigenvalue weighted by molar-refractivity contribution is -0.145. The van der Waals surface area contributed by atoms with E-state index < -0.39 is 11.8 Å². The number of carbonyl (C=O) groups excluding carboxylic acids is 2. The Hall–Kier alpha value is -2.66. The molecular weight excluding hydrogens is 316 g/mol. The Labute approximate surface area is 147 Å². The monoisotopic (exact) mass is 338 g/mol. The van der Waals surface area contributed by atoms with Crippen LogP contribution >= 0.6 is 0 Å². The van der Waals surface area contributed by atoms with Gasteiger partial charge in [-0.2, -0.15) is 0 Å². The first-order chi connectivity index (χ1) is 12.2. The molecule has 0 radical (unpaired) electrons. The lowest BCUT2D eigenvalue weighted by Gasteiger charge is -2.31. The van der Waals surface area contributed by atoms with E-state index in [1.165, 1.54) is 4.90 Å². The number of benzene rings is 2. The number of aliphatic hydroxyl groups is 1. The van der Waals surface area contributed by atoms with Gasteiger partial charge in [-0.15, -0.1) is 0 Å². The zero-order chi connectivity index (χ0) is 17.6. The van der Waals surface area contributed by atoms with Gasteiger partial charge >= 0.3 is 11.8 Å². The largest absolute Gasteiger partial charge is 0.395 e. The van der Waals surface area contributed by atoms with Gasteiger partial charge in [-0.3, -0.25) is 9.59 Å². The highest BCUT2D eigenvalue weighted by atomic mass is 16.3. The van der Waals surface area contributed by atoms with Crippen molar-refractivity contribution < 1.29 is 14.7 Å². The number of anilines is 1. The summed E-state index contributed by atoms with van der Waals surface area (Å²) < 4.78 is 0. The molecule has 3 rings (SSSR count). The van der Waals surface area contributed by atoms with Crippen molar-refractivity contribution in [2.45, 2.75) is 19.4 Å². The van der Waals surface area contributed by atoms with Gasteiger partial charge in [-0.1, -0.05) is 48.5 Å². The lowest BCUT2D eigenvalue weighted by atomic mass is 10.0. The van der Waals surface area contributed by atoms with Gasteiger partial charge in [0, 0.05) is 25.3 Å². The Morgan fingerprint density at radius 3 is 2.52 bits per heavy atom. The van der Waals surface area contributed by atoms with E-state index in [4.69, 9.17) is 0 Å². The molecule has 0 spiro atoms. The second-order valence-corrected chi connectivity index (χ2v) is 6.12. The molecule has 1 aliphatic heterocycles. The minimum absolute atomic E-state index is 0.134. The molecule has 5 nitrogen and oxygen atoms in total. The maximum atomic E-state index is 12.8. The Kier molecular flexibility index (Phi) is 5.46. The highest BCUT2D eigenvalue weighted by Crippen LogP contribution is 2.27. The topological polar surface area (TPSA) is 60.9 Å². The number of hydrogen-bond donors (Lipinski definition) is 1.